The molecule has 0 aliphatic carbocycles. The van der Waals surface area contributed by atoms with Crippen molar-refractivity contribution < 1.29 is 4.79 Å². The number of benzene rings is 1. The molecule has 1 N–H and O–H groups in total. The molecule has 1 aromatic rings. The Balaban J connectivity index is 2.74. The number of hydrogen-bond acceptors (Lipinski definition) is 1. The van der Waals surface area contributed by atoms with Crippen molar-refractivity contribution in [3.8, 4) is 0 Å². The van der Waals surface area contributed by atoms with Gasteiger partial charge in [0.25, 0.3) is 0 Å². The van der Waals surface area contributed by atoms with E-state index in [1.54, 1.807) is 0 Å². The van der Waals surface area contributed by atoms with Crippen LogP contribution in [-0.4, -0.2) is 10.7 Å². The number of nitrogens with one attached hydrogen (secondary N) is 1. The lowest BCUT2D eigenvalue weighted by atomic mass is 10.0. The number of alkyl halides is 1. The van der Waals surface area contributed by atoms with Gasteiger partial charge in [-0.3, -0.25) is 4.79 Å². The summed E-state index contributed by atoms with van der Waals surface area (Å²) < 4.78 is 0. The van der Waals surface area contributed by atoms with Crippen molar-refractivity contribution in [3.63, 3.8) is 0 Å². The van der Waals surface area contributed by atoms with Crippen LogP contribution in [0.3, 0.4) is 0 Å². The second-order valence-corrected chi connectivity index (χ2v) is 5.37. The predicted octanol–water partition coefficient (Wildman–Crippen LogP) is 3.35. The molecule has 0 heterocycles. The number of carbonyl (C=O) groups is 1. The van der Waals surface area contributed by atoms with Crippen molar-refractivity contribution >= 4 is 21.8 Å². The molecule has 2 atom stereocenters. The minimum Gasteiger partial charge on any atom is -0.348 e. The van der Waals surface area contributed by atoms with Crippen molar-refractivity contribution in [2.45, 2.75) is 38.1 Å². The topological polar surface area (TPSA) is 29.1 Å². The molecule has 2 nitrogen and oxygen atoms in total. The van der Waals surface area contributed by atoms with Crippen LogP contribution < -0.4 is 5.32 Å². The fourth-order valence-corrected chi connectivity index (χ4v) is 1.64. The molecule has 16 heavy (non-hydrogen) atoms. The first kappa shape index (κ1) is 13.2. The van der Waals surface area contributed by atoms with E-state index in [1.807, 2.05) is 6.92 Å². The van der Waals surface area contributed by atoms with Gasteiger partial charge in [-0.1, -0.05) is 52.7 Å². The third kappa shape index (κ3) is 3.63. The molecule has 2 unspecified atom stereocenters. The molecule has 0 fully saturated rings. The Hall–Kier alpha value is -0.830. The van der Waals surface area contributed by atoms with Crippen molar-refractivity contribution in [1.29, 1.82) is 0 Å². The number of halogens is 1. The standard InChI is InChI=1S/C13H18BrNO/c1-4-12(15-13(16)10(3)14)11-7-5-9(2)6-8-11/h5-8,10,12H,4H2,1-3H3,(H,15,16). The SMILES string of the molecule is CCC(NC(=O)C(C)Br)c1ccc(C)cc1. The van der Waals surface area contributed by atoms with Crippen LogP contribution in [0.25, 0.3) is 0 Å². The van der Waals surface area contributed by atoms with Gasteiger partial charge in [0.05, 0.1) is 10.9 Å². The quantitative estimate of drug-likeness (QED) is 0.844. The molecule has 3 heteroatoms. The van der Waals surface area contributed by atoms with Gasteiger partial charge in [-0.25, -0.2) is 0 Å². The molecule has 88 valence electrons. The summed E-state index contributed by atoms with van der Waals surface area (Å²) in [6.45, 7) is 5.96. The second kappa shape index (κ2) is 6.04. The van der Waals surface area contributed by atoms with Gasteiger partial charge >= 0.3 is 0 Å². The molecule has 0 aromatic heterocycles. The maximum absolute atomic E-state index is 11.6. The molecule has 0 saturated carbocycles. The van der Waals surface area contributed by atoms with Crippen LogP contribution in [0.1, 0.15) is 37.4 Å². The third-order valence-corrected chi connectivity index (χ3v) is 2.98. The van der Waals surface area contributed by atoms with Crippen LogP contribution >= 0.6 is 15.9 Å². The van der Waals surface area contributed by atoms with Crippen LogP contribution in [-0.2, 0) is 4.79 Å². The van der Waals surface area contributed by atoms with Gasteiger partial charge in [0.1, 0.15) is 0 Å². The molecule has 0 bridgehead atoms. The normalized spacial score (nSPS) is 14.2. The molecular formula is C13H18BrNO. The molecule has 0 spiro atoms. The lowest BCUT2D eigenvalue weighted by Gasteiger charge is -2.18. The molecule has 0 saturated heterocycles. The third-order valence-electron chi connectivity index (χ3n) is 2.57. The van der Waals surface area contributed by atoms with Gasteiger partial charge < -0.3 is 5.32 Å². The largest absolute Gasteiger partial charge is 0.348 e. The molecule has 0 radical (unpaired) electrons. The number of amides is 1. The second-order valence-electron chi connectivity index (χ2n) is 4.00. The first-order valence-corrected chi connectivity index (χ1v) is 6.47. The van der Waals surface area contributed by atoms with E-state index < -0.39 is 0 Å². The van der Waals surface area contributed by atoms with Gasteiger partial charge in [-0.05, 0) is 25.8 Å². The number of carbonyl (C=O) groups excluding carboxylic acids is 1. The zero-order valence-corrected chi connectivity index (χ0v) is 11.5. The van der Waals surface area contributed by atoms with Gasteiger partial charge in [0.15, 0.2) is 0 Å². The highest BCUT2D eigenvalue weighted by Crippen LogP contribution is 2.17. The van der Waals surface area contributed by atoms with Crippen molar-refractivity contribution in [2.24, 2.45) is 0 Å². The fraction of sp³-hybridized carbons (Fsp3) is 0.462. The summed E-state index contributed by atoms with van der Waals surface area (Å²) in [6.07, 6.45) is 0.897. The van der Waals surface area contributed by atoms with Crippen LogP contribution in [0, 0.1) is 6.92 Å². The number of aryl methyl sites for hydroxylation is 1. The van der Waals surface area contributed by atoms with Crippen LogP contribution in [0.5, 0.6) is 0 Å². The van der Waals surface area contributed by atoms with E-state index in [0.717, 1.165) is 12.0 Å². The minimum atomic E-state index is -0.146. The minimum absolute atomic E-state index is 0.0347. The highest BCUT2D eigenvalue weighted by atomic mass is 79.9. The Morgan fingerprint density at radius 3 is 2.38 bits per heavy atom. The zero-order chi connectivity index (χ0) is 12.1. The Labute approximate surface area is 106 Å². The van der Waals surface area contributed by atoms with E-state index >= 15 is 0 Å². The summed E-state index contributed by atoms with van der Waals surface area (Å²) >= 11 is 3.27. The van der Waals surface area contributed by atoms with Crippen molar-refractivity contribution in [1.82, 2.24) is 5.32 Å². The fourth-order valence-electron chi connectivity index (χ4n) is 1.51. The van der Waals surface area contributed by atoms with E-state index in [-0.39, 0.29) is 16.8 Å². The van der Waals surface area contributed by atoms with Gasteiger partial charge in [-0.15, -0.1) is 0 Å². The summed E-state index contributed by atoms with van der Waals surface area (Å²) in [4.78, 5) is 11.4. The summed E-state index contributed by atoms with van der Waals surface area (Å²) in [5.74, 6) is 0.0347. The van der Waals surface area contributed by atoms with E-state index in [0.29, 0.717) is 0 Å². The average molecular weight is 284 g/mol. The van der Waals surface area contributed by atoms with Crippen molar-refractivity contribution in [2.75, 3.05) is 0 Å². The molecule has 0 aliphatic rings. The molecule has 1 amide bonds. The lowest BCUT2D eigenvalue weighted by molar-refractivity contribution is -0.120. The van der Waals surface area contributed by atoms with Crippen LogP contribution in [0.4, 0.5) is 0 Å². The summed E-state index contributed by atoms with van der Waals surface area (Å²) in [5, 5.41) is 3.02. The summed E-state index contributed by atoms with van der Waals surface area (Å²) in [5.41, 5.74) is 2.40. The van der Waals surface area contributed by atoms with Crippen molar-refractivity contribution in [3.05, 3.63) is 35.4 Å². The zero-order valence-electron chi connectivity index (χ0n) is 9.96. The maximum Gasteiger partial charge on any atom is 0.233 e. The van der Waals surface area contributed by atoms with E-state index in [1.165, 1.54) is 5.56 Å². The molecular weight excluding hydrogens is 266 g/mol. The Morgan fingerprint density at radius 1 is 1.38 bits per heavy atom. The van der Waals surface area contributed by atoms with E-state index in [2.05, 4.69) is 59.4 Å². The van der Waals surface area contributed by atoms with Gasteiger partial charge in [-0.2, -0.15) is 0 Å². The maximum atomic E-state index is 11.6. The smallest absolute Gasteiger partial charge is 0.233 e. The first-order valence-electron chi connectivity index (χ1n) is 5.55. The first-order chi connectivity index (χ1) is 7.54. The lowest BCUT2D eigenvalue weighted by Crippen LogP contribution is -2.32. The molecule has 1 rings (SSSR count). The Morgan fingerprint density at radius 2 is 1.94 bits per heavy atom. The van der Waals surface area contributed by atoms with Gasteiger partial charge in [0.2, 0.25) is 5.91 Å². The van der Waals surface area contributed by atoms with E-state index in [9.17, 15) is 4.79 Å². The monoisotopic (exact) mass is 283 g/mol. The summed E-state index contributed by atoms with van der Waals surface area (Å²) in [6, 6.07) is 8.39. The predicted molar refractivity (Wildman–Crippen MR) is 70.7 cm³/mol. The average Bonchev–Trinajstić information content (AvgIpc) is 2.26. The van der Waals surface area contributed by atoms with Gasteiger partial charge in [0, 0.05) is 0 Å². The molecule has 1 aromatic carbocycles. The Kier molecular flexibility index (Phi) is 5.00. The Bertz CT molecular complexity index is 345. The summed E-state index contributed by atoms with van der Waals surface area (Å²) in [7, 11) is 0. The number of rotatable bonds is 4. The molecule has 0 aliphatic heterocycles. The highest BCUT2D eigenvalue weighted by Gasteiger charge is 2.15. The number of hydrogen-bond donors (Lipinski definition) is 1. The van der Waals surface area contributed by atoms with Crippen LogP contribution in [0.2, 0.25) is 0 Å². The highest BCUT2D eigenvalue weighted by molar-refractivity contribution is 9.10. The van der Waals surface area contributed by atoms with Crippen LogP contribution in [0.15, 0.2) is 24.3 Å². The van der Waals surface area contributed by atoms with E-state index in [4.69, 9.17) is 0 Å².